The zero-order valence-corrected chi connectivity index (χ0v) is 36.3. The number of carbonyl (C=O) groups is 5. The third-order valence-corrected chi connectivity index (χ3v) is 11.1. The van der Waals surface area contributed by atoms with Crippen LogP contribution < -0.4 is 4.74 Å². The van der Waals surface area contributed by atoms with Crippen LogP contribution in [0.15, 0.2) is 146 Å². The highest BCUT2D eigenvalue weighted by atomic mass is 16.7. The van der Waals surface area contributed by atoms with Gasteiger partial charge in [-0.25, -0.2) is 14.4 Å². The second-order valence-corrected chi connectivity index (χ2v) is 16.0. The monoisotopic (exact) mass is 874 g/mol. The molecule has 1 saturated heterocycles. The van der Waals surface area contributed by atoms with Crippen LogP contribution in [0.1, 0.15) is 102 Å². The van der Waals surface area contributed by atoms with E-state index in [-0.39, 0.29) is 40.7 Å². The lowest BCUT2D eigenvalue weighted by Gasteiger charge is -2.44. The predicted molar refractivity (Wildman–Crippen MR) is 243 cm³/mol. The van der Waals surface area contributed by atoms with Crippen molar-refractivity contribution >= 4 is 36.1 Å². The van der Waals surface area contributed by atoms with Gasteiger partial charge < -0.3 is 28.5 Å². The summed E-state index contributed by atoms with van der Waals surface area (Å²) < 4.78 is 32.0. The number of hydrogen-bond donors (Lipinski definition) is 1. The molecule has 0 amide bonds. The fourth-order valence-electron chi connectivity index (χ4n) is 7.71. The summed E-state index contributed by atoms with van der Waals surface area (Å²) in [6.45, 7) is 5.59. The van der Waals surface area contributed by atoms with Crippen molar-refractivity contribution < 1.29 is 47.7 Å². The lowest BCUT2D eigenvalue weighted by atomic mass is 9.85. The number of aromatic nitrogens is 2. The first kappa shape index (κ1) is 45.6. The summed E-state index contributed by atoms with van der Waals surface area (Å²) in [7, 11) is 0. The normalized spacial score (nSPS) is 18.2. The third-order valence-electron chi connectivity index (χ3n) is 11.1. The number of nitrogens with zero attached hydrogens (tertiary/aromatic N) is 1. The minimum atomic E-state index is -1.42. The number of aromatic amines is 1. The summed E-state index contributed by atoms with van der Waals surface area (Å²) in [4.78, 5) is 66.8. The predicted octanol–water partition coefficient (Wildman–Crippen LogP) is 9.34. The van der Waals surface area contributed by atoms with Gasteiger partial charge in [0, 0.05) is 36.1 Å². The Balaban J connectivity index is 1.32. The molecule has 6 aromatic rings. The molecular weight excluding hydrogens is 825 g/mol. The van der Waals surface area contributed by atoms with E-state index in [0.29, 0.717) is 18.4 Å². The Morgan fingerprint density at radius 2 is 1.28 bits per heavy atom. The summed E-state index contributed by atoms with van der Waals surface area (Å²) in [5, 5.41) is 7.79. The lowest BCUT2D eigenvalue weighted by Crippen LogP contribution is -2.60. The molecule has 7 rings (SSSR count). The highest BCUT2D eigenvalue weighted by molar-refractivity contribution is 5.96. The van der Waals surface area contributed by atoms with Crippen molar-refractivity contribution in [2.75, 3.05) is 6.61 Å². The molecule has 12 heteroatoms. The van der Waals surface area contributed by atoms with Crippen LogP contribution in [0.5, 0.6) is 5.88 Å². The number of allylic oxidation sites excluding steroid dienone is 1. The maximum Gasteiger partial charge on any atom is 0.338 e. The number of rotatable bonds is 18. The maximum absolute atomic E-state index is 14.3. The molecule has 0 aliphatic carbocycles. The molecule has 1 fully saturated rings. The highest BCUT2D eigenvalue weighted by Crippen LogP contribution is 2.38. The molecule has 0 unspecified atom stereocenters. The van der Waals surface area contributed by atoms with Gasteiger partial charge in [0.15, 0.2) is 18.0 Å². The molecular formula is C53H50N2O10. The summed E-state index contributed by atoms with van der Waals surface area (Å²) in [6.07, 6.45) is -0.509. The Labute approximate surface area is 377 Å². The molecule has 2 heterocycles. The number of nitrogens with one attached hydrogen (secondary N) is 1. The van der Waals surface area contributed by atoms with Crippen LogP contribution in [-0.4, -0.2) is 71.4 Å². The molecule has 65 heavy (non-hydrogen) atoms. The van der Waals surface area contributed by atoms with Gasteiger partial charge in [0.25, 0.3) is 0 Å². The molecule has 0 spiro atoms. The quantitative estimate of drug-likeness (QED) is 0.0379. The van der Waals surface area contributed by atoms with Gasteiger partial charge in [-0.15, -0.1) is 5.10 Å². The lowest BCUT2D eigenvalue weighted by molar-refractivity contribution is -0.259. The van der Waals surface area contributed by atoms with E-state index in [1.807, 2.05) is 45.0 Å². The summed E-state index contributed by atoms with van der Waals surface area (Å²) >= 11 is 0. The van der Waals surface area contributed by atoms with Gasteiger partial charge in [0.05, 0.1) is 22.6 Å². The van der Waals surface area contributed by atoms with Crippen LogP contribution in [0.2, 0.25) is 0 Å². The van der Waals surface area contributed by atoms with Gasteiger partial charge in [0.1, 0.15) is 19.0 Å². The largest absolute Gasteiger partial charge is 0.459 e. The van der Waals surface area contributed by atoms with Crippen molar-refractivity contribution in [3.8, 4) is 5.88 Å². The van der Waals surface area contributed by atoms with Gasteiger partial charge >= 0.3 is 17.9 Å². The van der Waals surface area contributed by atoms with Crippen LogP contribution in [0.4, 0.5) is 0 Å². The number of benzene rings is 5. The number of ketones is 1. The number of esters is 3. The molecule has 12 nitrogen and oxygen atoms in total. The van der Waals surface area contributed by atoms with Crippen molar-refractivity contribution in [3.05, 3.63) is 196 Å². The van der Waals surface area contributed by atoms with Gasteiger partial charge in [0.2, 0.25) is 12.2 Å². The first-order valence-corrected chi connectivity index (χ1v) is 21.5. The number of hydrogen-bond acceptors (Lipinski definition) is 11. The van der Waals surface area contributed by atoms with E-state index in [0.717, 1.165) is 34.2 Å². The van der Waals surface area contributed by atoms with Crippen LogP contribution in [-0.2, 0) is 30.2 Å². The van der Waals surface area contributed by atoms with E-state index in [1.54, 1.807) is 127 Å². The van der Waals surface area contributed by atoms with Crippen molar-refractivity contribution in [3.63, 3.8) is 0 Å². The average molecular weight is 875 g/mol. The number of ether oxygens (including phenoxy) is 5. The summed E-state index contributed by atoms with van der Waals surface area (Å²) in [5.74, 6) is -3.46. The van der Waals surface area contributed by atoms with Crippen LogP contribution in [0, 0.1) is 12.8 Å². The minimum Gasteiger partial charge on any atom is -0.459 e. The first-order valence-electron chi connectivity index (χ1n) is 21.5. The van der Waals surface area contributed by atoms with Crippen molar-refractivity contribution in [2.45, 2.75) is 70.6 Å². The summed E-state index contributed by atoms with van der Waals surface area (Å²) in [6, 6.07) is 39.6. The number of aryl methyl sites for hydroxylation is 1. The number of Topliss-reactive ketones (excluding diaryl/α,β-unsaturated/α-hetero) is 1. The molecule has 1 aliphatic rings. The number of aldehydes is 1. The van der Waals surface area contributed by atoms with Gasteiger partial charge in [-0.1, -0.05) is 129 Å². The van der Waals surface area contributed by atoms with E-state index < -0.39 is 55.0 Å². The van der Waals surface area contributed by atoms with Gasteiger partial charge in [-0.05, 0) is 65.9 Å². The Kier molecular flexibility index (Phi) is 15.3. The molecule has 0 saturated carbocycles. The van der Waals surface area contributed by atoms with E-state index in [2.05, 4.69) is 10.2 Å². The molecule has 1 aliphatic heterocycles. The fraction of sp³-hybridized carbons (Fsp3) is 0.245. The second-order valence-electron chi connectivity index (χ2n) is 16.0. The van der Waals surface area contributed by atoms with Crippen LogP contribution in [0.25, 0.3) is 6.08 Å². The Bertz CT molecular complexity index is 2590. The Morgan fingerprint density at radius 3 is 1.83 bits per heavy atom. The summed E-state index contributed by atoms with van der Waals surface area (Å²) in [5.41, 5.74) is 5.54. The Morgan fingerprint density at radius 1 is 0.723 bits per heavy atom. The number of carbonyl (C=O) groups excluding carboxylic acids is 5. The van der Waals surface area contributed by atoms with Gasteiger partial charge in [-0.2, -0.15) is 0 Å². The number of H-pyrrole nitrogens is 1. The van der Waals surface area contributed by atoms with Gasteiger partial charge in [-0.3, -0.25) is 9.89 Å². The average Bonchev–Trinajstić information content (AvgIpc) is 3.73. The molecule has 332 valence electrons. The smallest absolute Gasteiger partial charge is 0.338 e. The molecule has 1 N–H and O–H groups in total. The van der Waals surface area contributed by atoms with E-state index in [9.17, 15) is 24.0 Å². The zero-order chi connectivity index (χ0) is 45.7. The fourth-order valence-corrected chi connectivity index (χ4v) is 7.71. The second kappa shape index (κ2) is 21.8. The maximum atomic E-state index is 14.3. The molecule has 5 aromatic carbocycles. The highest BCUT2D eigenvalue weighted by Gasteiger charge is 2.53. The van der Waals surface area contributed by atoms with E-state index in [4.69, 9.17) is 23.7 Å². The molecule has 5 atom stereocenters. The topological polar surface area (TPSA) is 160 Å². The van der Waals surface area contributed by atoms with Crippen LogP contribution in [0.3, 0.4) is 0 Å². The van der Waals surface area contributed by atoms with Crippen LogP contribution >= 0.6 is 0 Å². The van der Waals surface area contributed by atoms with E-state index in [1.165, 1.54) is 0 Å². The van der Waals surface area contributed by atoms with E-state index >= 15 is 0 Å². The first-order chi connectivity index (χ1) is 31.6. The van der Waals surface area contributed by atoms with Crippen molar-refractivity contribution in [1.29, 1.82) is 0 Å². The standard InChI is InChI=1S/C53H50N2O10/c1-34(2)46-42(31-41-28-27-36(30-35(41)3)18-16-17-29-56)49(55-54-46)65-53-43(32-44(57)37-19-8-4-9-20-37)47(63-51(59)39-23-12-6-13-24-39)48(64-52(60)40-25-14-7-15-26-40)45(62-53)33-61-50(58)38-21-10-5-11-22-38/h4-16,18-30,34,43,45,47-48,53H,17,31-33H2,1-3H3,(H,54,55)/b18-16+/t43-,45-,47-,48-,53+/m1/s1. The zero-order valence-electron chi connectivity index (χ0n) is 36.3. The molecule has 0 bridgehead atoms. The minimum absolute atomic E-state index is 0.0186. The SMILES string of the molecule is Cc1cc(/C=C/CC=O)ccc1Cc1c(O[C@@H]2O[C@H](COC(=O)c3ccccc3)[C@@H](OC(=O)c3ccccc3)[C@H](OC(=O)c3ccccc3)[C@H]2CC(=O)c2ccccc2)n[nH]c1C(C)C. The Hall–Kier alpha value is -7.44. The van der Waals surface area contributed by atoms with Crippen molar-refractivity contribution in [2.24, 2.45) is 5.92 Å². The molecule has 1 aromatic heterocycles. The third kappa shape index (κ3) is 11.6. The van der Waals surface area contributed by atoms with Crippen molar-refractivity contribution in [1.82, 2.24) is 10.2 Å². The molecule has 0 radical (unpaired) electrons.